The highest BCUT2D eigenvalue weighted by atomic mass is 16.5. The number of aromatic nitrogens is 1. The number of hydrogen-bond donors (Lipinski definition) is 1. The summed E-state index contributed by atoms with van der Waals surface area (Å²) in [5.41, 5.74) is 0. The standard InChI is InChI=1S/C8H12N2O/c1-7(11-2)10-8-5-3-4-6-9-8/h3-7H,1-2H3,(H,9,10). The third-order valence-corrected chi connectivity index (χ3v) is 1.37. The van der Waals surface area contributed by atoms with E-state index < -0.39 is 0 Å². The highest BCUT2D eigenvalue weighted by molar-refractivity contribution is 5.33. The van der Waals surface area contributed by atoms with E-state index in [0.717, 1.165) is 5.82 Å². The van der Waals surface area contributed by atoms with Gasteiger partial charge in [0.2, 0.25) is 0 Å². The lowest BCUT2D eigenvalue weighted by atomic mass is 10.4. The van der Waals surface area contributed by atoms with Gasteiger partial charge in [-0.15, -0.1) is 0 Å². The molecule has 0 saturated heterocycles. The number of methoxy groups -OCH3 is 1. The van der Waals surface area contributed by atoms with Gasteiger partial charge in [0.25, 0.3) is 0 Å². The molecule has 1 aromatic heterocycles. The predicted molar refractivity (Wildman–Crippen MR) is 44.3 cm³/mol. The first-order valence-electron chi connectivity index (χ1n) is 3.53. The molecular formula is C8H12N2O. The van der Waals surface area contributed by atoms with Gasteiger partial charge in [0.1, 0.15) is 12.0 Å². The zero-order chi connectivity index (χ0) is 8.10. The quantitative estimate of drug-likeness (QED) is 0.666. The lowest BCUT2D eigenvalue weighted by molar-refractivity contribution is 0.140. The first-order valence-corrected chi connectivity index (χ1v) is 3.53. The molecule has 0 aliphatic carbocycles. The van der Waals surface area contributed by atoms with Crippen molar-refractivity contribution in [3.63, 3.8) is 0 Å². The van der Waals surface area contributed by atoms with Crippen LogP contribution < -0.4 is 5.32 Å². The minimum absolute atomic E-state index is 0.00454. The molecule has 0 spiro atoms. The topological polar surface area (TPSA) is 34.1 Å². The van der Waals surface area contributed by atoms with E-state index in [1.807, 2.05) is 25.1 Å². The van der Waals surface area contributed by atoms with Gasteiger partial charge in [-0.1, -0.05) is 6.07 Å². The fourth-order valence-electron chi connectivity index (χ4n) is 0.715. The molecule has 0 radical (unpaired) electrons. The summed E-state index contributed by atoms with van der Waals surface area (Å²) in [7, 11) is 1.65. The van der Waals surface area contributed by atoms with Gasteiger partial charge in [-0.2, -0.15) is 0 Å². The lowest BCUT2D eigenvalue weighted by Gasteiger charge is -2.11. The number of nitrogens with one attached hydrogen (secondary N) is 1. The molecule has 0 bridgehead atoms. The Kier molecular flexibility index (Phi) is 2.86. The van der Waals surface area contributed by atoms with E-state index in [1.165, 1.54) is 0 Å². The van der Waals surface area contributed by atoms with Crippen LogP contribution >= 0.6 is 0 Å². The summed E-state index contributed by atoms with van der Waals surface area (Å²) in [6, 6.07) is 5.70. The summed E-state index contributed by atoms with van der Waals surface area (Å²) in [5.74, 6) is 0.835. The molecule has 1 rings (SSSR count). The Morgan fingerprint density at radius 3 is 2.91 bits per heavy atom. The van der Waals surface area contributed by atoms with Crippen molar-refractivity contribution in [3.8, 4) is 0 Å². The molecular weight excluding hydrogens is 140 g/mol. The number of ether oxygens (including phenoxy) is 1. The van der Waals surface area contributed by atoms with Crippen LogP contribution in [0.15, 0.2) is 24.4 Å². The Bertz CT molecular complexity index is 201. The molecule has 3 nitrogen and oxygen atoms in total. The van der Waals surface area contributed by atoms with Crippen molar-refractivity contribution in [3.05, 3.63) is 24.4 Å². The number of hydrogen-bond acceptors (Lipinski definition) is 3. The maximum absolute atomic E-state index is 5.00. The first kappa shape index (κ1) is 8.01. The van der Waals surface area contributed by atoms with Crippen LogP contribution in [0.1, 0.15) is 6.92 Å². The molecule has 1 unspecified atom stereocenters. The molecule has 0 fully saturated rings. The van der Waals surface area contributed by atoms with Gasteiger partial charge in [0, 0.05) is 13.3 Å². The van der Waals surface area contributed by atoms with Crippen LogP contribution in [0.25, 0.3) is 0 Å². The minimum atomic E-state index is 0.00454. The van der Waals surface area contributed by atoms with Crippen molar-refractivity contribution in [1.29, 1.82) is 0 Å². The summed E-state index contributed by atoms with van der Waals surface area (Å²) >= 11 is 0. The first-order chi connectivity index (χ1) is 5.33. The summed E-state index contributed by atoms with van der Waals surface area (Å²) in [6.45, 7) is 1.93. The van der Waals surface area contributed by atoms with Crippen molar-refractivity contribution in [1.82, 2.24) is 4.98 Å². The average Bonchev–Trinajstić information content (AvgIpc) is 2.06. The normalized spacial score (nSPS) is 12.5. The van der Waals surface area contributed by atoms with Crippen molar-refractivity contribution in [2.75, 3.05) is 12.4 Å². The van der Waals surface area contributed by atoms with Crippen LogP contribution in [0.5, 0.6) is 0 Å². The third-order valence-electron chi connectivity index (χ3n) is 1.37. The van der Waals surface area contributed by atoms with E-state index in [-0.39, 0.29) is 6.23 Å². The summed E-state index contributed by atoms with van der Waals surface area (Å²) < 4.78 is 5.00. The molecule has 0 aliphatic rings. The molecule has 0 amide bonds. The van der Waals surface area contributed by atoms with Gasteiger partial charge in [0.15, 0.2) is 0 Å². The molecule has 0 aromatic carbocycles. The molecule has 0 saturated carbocycles. The van der Waals surface area contributed by atoms with Crippen LogP contribution in [0, 0.1) is 0 Å². The van der Waals surface area contributed by atoms with E-state index in [0.29, 0.717) is 0 Å². The van der Waals surface area contributed by atoms with Crippen LogP contribution in [0.3, 0.4) is 0 Å². The van der Waals surface area contributed by atoms with Crippen molar-refractivity contribution < 1.29 is 4.74 Å². The SMILES string of the molecule is COC(C)Nc1ccccn1. The predicted octanol–water partition coefficient (Wildman–Crippen LogP) is 1.49. The van der Waals surface area contributed by atoms with Crippen LogP contribution in [0.4, 0.5) is 5.82 Å². The number of anilines is 1. The largest absolute Gasteiger partial charge is 0.362 e. The molecule has 11 heavy (non-hydrogen) atoms. The fraction of sp³-hybridized carbons (Fsp3) is 0.375. The Morgan fingerprint density at radius 2 is 2.36 bits per heavy atom. The summed E-state index contributed by atoms with van der Waals surface area (Å²) in [5, 5.41) is 3.06. The van der Waals surface area contributed by atoms with E-state index >= 15 is 0 Å². The number of nitrogens with zero attached hydrogens (tertiary/aromatic N) is 1. The van der Waals surface area contributed by atoms with E-state index in [1.54, 1.807) is 13.3 Å². The molecule has 1 heterocycles. The monoisotopic (exact) mass is 152 g/mol. The average molecular weight is 152 g/mol. The van der Waals surface area contributed by atoms with E-state index in [4.69, 9.17) is 4.74 Å². The van der Waals surface area contributed by atoms with E-state index in [2.05, 4.69) is 10.3 Å². The van der Waals surface area contributed by atoms with Gasteiger partial charge in [-0.05, 0) is 19.1 Å². The second kappa shape index (κ2) is 3.93. The second-order valence-electron chi connectivity index (χ2n) is 2.24. The third kappa shape index (κ3) is 2.55. The zero-order valence-electron chi connectivity index (χ0n) is 6.74. The van der Waals surface area contributed by atoms with Crippen molar-refractivity contribution in [2.45, 2.75) is 13.2 Å². The van der Waals surface area contributed by atoms with Gasteiger partial charge in [-0.25, -0.2) is 4.98 Å². The van der Waals surface area contributed by atoms with Crippen molar-refractivity contribution in [2.24, 2.45) is 0 Å². The van der Waals surface area contributed by atoms with Gasteiger partial charge in [-0.3, -0.25) is 0 Å². The smallest absolute Gasteiger partial charge is 0.127 e. The number of pyridine rings is 1. The van der Waals surface area contributed by atoms with Crippen LogP contribution in [0.2, 0.25) is 0 Å². The Morgan fingerprint density at radius 1 is 1.55 bits per heavy atom. The van der Waals surface area contributed by atoms with E-state index in [9.17, 15) is 0 Å². The Hall–Kier alpha value is -1.09. The lowest BCUT2D eigenvalue weighted by Crippen LogP contribution is -2.17. The zero-order valence-corrected chi connectivity index (χ0v) is 6.74. The summed E-state index contributed by atoms with van der Waals surface area (Å²) in [6.07, 6.45) is 1.75. The fourth-order valence-corrected chi connectivity index (χ4v) is 0.715. The second-order valence-corrected chi connectivity index (χ2v) is 2.24. The molecule has 0 aliphatic heterocycles. The van der Waals surface area contributed by atoms with Gasteiger partial charge < -0.3 is 10.1 Å². The van der Waals surface area contributed by atoms with Crippen LogP contribution in [-0.4, -0.2) is 18.3 Å². The van der Waals surface area contributed by atoms with Crippen molar-refractivity contribution >= 4 is 5.82 Å². The molecule has 3 heteroatoms. The highest BCUT2D eigenvalue weighted by Gasteiger charge is 1.97. The Labute approximate surface area is 66.4 Å². The summed E-state index contributed by atoms with van der Waals surface area (Å²) in [4.78, 5) is 4.08. The maximum Gasteiger partial charge on any atom is 0.127 e. The van der Waals surface area contributed by atoms with Crippen LogP contribution in [-0.2, 0) is 4.74 Å². The number of rotatable bonds is 3. The van der Waals surface area contributed by atoms with Gasteiger partial charge >= 0.3 is 0 Å². The Balaban J connectivity index is 2.51. The minimum Gasteiger partial charge on any atom is -0.362 e. The molecule has 1 aromatic rings. The molecule has 60 valence electrons. The van der Waals surface area contributed by atoms with Gasteiger partial charge in [0.05, 0.1) is 0 Å². The highest BCUT2D eigenvalue weighted by Crippen LogP contribution is 2.01. The molecule has 1 atom stereocenters. The maximum atomic E-state index is 5.00. The molecule has 1 N–H and O–H groups in total.